The van der Waals surface area contributed by atoms with Crippen LogP contribution in [0.5, 0.6) is 0 Å². The van der Waals surface area contributed by atoms with Crippen molar-refractivity contribution in [3.8, 4) is 0 Å². The summed E-state index contributed by atoms with van der Waals surface area (Å²) in [6.45, 7) is 11.9. The van der Waals surface area contributed by atoms with Crippen LogP contribution in [-0.4, -0.2) is 96.7 Å². The highest BCUT2D eigenvalue weighted by molar-refractivity contribution is 7.47. The van der Waals surface area contributed by atoms with Crippen LogP contribution in [0.4, 0.5) is 0 Å². The molecule has 0 heterocycles. The first kappa shape index (κ1) is 92.1. The highest BCUT2D eigenvalue weighted by Gasteiger charge is 2.30. The Morgan fingerprint density at radius 3 is 0.723 bits per heavy atom. The number of hydrogen-bond donors (Lipinski definition) is 3. The SMILES string of the molecule is CCCCCCCCCCCCC(=O)OC[C@H](COP(=O)(O)OC[C@H](O)COP(=O)(O)OC[C@@H](COC(=O)CCCCCCCCCCCCCCC(C)C)OC(=O)CCCCCCCCCCCCCCCCC(C)C)OC(=O)CCCCCCCCCCCC(C)C. The van der Waals surface area contributed by atoms with Crippen molar-refractivity contribution in [3.05, 3.63) is 0 Å². The number of esters is 4. The molecule has 19 heteroatoms. The summed E-state index contributed by atoms with van der Waals surface area (Å²) in [4.78, 5) is 72.8. The number of carbonyl (C=O) groups is 4. The molecule has 0 aromatic heterocycles. The third kappa shape index (κ3) is 68.6. The fourth-order valence-electron chi connectivity index (χ4n) is 11.4. The van der Waals surface area contributed by atoms with Gasteiger partial charge in [-0.2, -0.15) is 0 Å². The first-order valence-corrected chi connectivity index (χ1v) is 41.8. The van der Waals surface area contributed by atoms with E-state index in [1.165, 1.54) is 193 Å². The van der Waals surface area contributed by atoms with Crippen molar-refractivity contribution < 1.29 is 80.2 Å². The average Bonchev–Trinajstić information content (AvgIpc) is 2.61. The van der Waals surface area contributed by atoms with Crippen LogP contribution in [-0.2, 0) is 65.4 Å². The van der Waals surface area contributed by atoms with Crippen molar-refractivity contribution in [2.45, 2.75) is 401 Å². The number of phosphoric ester groups is 2. The lowest BCUT2D eigenvalue weighted by molar-refractivity contribution is -0.161. The number of ether oxygens (including phenoxy) is 4. The van der Waals surface area contributed by atoms with E-state index in [1.54, 1.807) is 0 Å². The first-order chi connectivity index (χ1) is 45.2. The summed E-state index contributed by atoms with van der Waals surface area (Å²) in [6.07, 6.45) is 51.3. The van der Waals surface area contributed by atoms with Gasteiger partial charge >= 0.3 is 39.5 Å². The molecule has 0 aliphatic heterocycles. The summed E-state index contributed by atoms with van der Waals surface area (Å²) in [5, 5.41) is 10.6. The second-order valence-electron chi connectivity index (χ2n) is 28.5. The predicted molar refractivity (Wildman–Crippen MR) is 381 cm³/mol. The van der Waals surface area contributed by atoms with Gasteiger partial charge in [0.15, 0.2) is 12.2 Å². The van der Waals surface area contributed by atoms with E-state index in [0.29, 0.717) is 25.7 Å². The molecule has 0 spiro atoms. The van der Waals surface area contributed by atoms with Gasteiger partial charge in [0.05, 0.1) is 26.4 Å². The van der Waals surface area contributed by atoms with Crippen LogP contribution in [0.3, 0.4) is 0 Å². The minimum atomic E-state index is -4.96. The average molecular weight is 1380 g/mol. The molecule has 0 aromatic rings. The highest BCUT2D eigenvalue weighted by atomic mass is 31.2. The number of phosphoric acid groups is 2. The molecular weight excluding hydrogens is 1230 g/mol. The molecule has 5 atom stereocenters. The zero-order valence-corrected chi connectivity index (χ0v) is 63.2. The Kier molecular flexibility index (Phi) is 64.3. The molecule has 2 unspecified atom stereocenters. The van der Waals surface area contributed by atoms with Crippen molar-refractivity contribution in [2.24, 2.45) is 17.8 Å². The number of carbonyl (C=O) groups excluding carboxylic acids is 4. The Labute approximate surface area is 575 Å². The Bertz CT molecular complexity index is 1840. The third-order valence-electron chi connectivity index (χ3n) is 17.4. The molecule has 0 saturated heterocycles. The lowest BCUT2D eigenvalue weighted by Crippen LogP contribution is -2.30. The molecule has 0 fully saturated rings. The predicted octanol–water partition coefficient (Wildman–Crippen LogP) is 21.8. The Balaban J connectivity index is 5.25. The van der Waals surface area contributed by atoms with Crippen LogP contribution in [0.25, 0.3) is 0 Å². The lowest BCUT2D eigenvalue weighted by Gasteiger charge is -2.21. The molecule has 0 aliphatic rings. The smallest absolute Gasteiger partial charge is 0.462 e. The molecule has 558 valence electrons. The van der Waals surface area contributed by atoms with Crippen molar-refractivity contribution >= 4 is 39.5 Å². The second-order valence-corrected chi connectivity index (χ2v) is 31.4. The maximum atomic E-state index is 13.1. The fraction of sp³-hybridized carbons (Fsp3) is 0.947. The maximum Gasteiger partial charge on any atom is 0.472 e. The quantitative estimate of drug-likeness (QED) is 0.0222. The zero-order chi connectivity index (χ0) is 69.4. The van der Waals surface area contributed by atoms with Gasteiger partial charge in [0.25, 0.3) is 0 Å². The summed E-state index contributed by atoms with van der Waals surface area (Å²) >= 11 is 0. The summed E-state index contributed by atoms with van der Waals surface area (Å²) in [5.41, 5.74) is 0. The van der Waals surface area contributed by atoms with Gasteiger partial charge in [-0.3, -0.25) is 37.3 Å². The van der Waals surface area contributed by atoms with Gasteiger partial charge in [0, 0.05) is 25.7 Å². The minimum Gasteiger partial charge on any atom is -0.462 e. The van der Waals surface area contributed by atoms with Gasteiger partial charge in [0.1, 0.15) is 19.3 Å². The molecule has 0 bridgehead atoms. The summed E-state index contributed by atoms with van der Waals surface area (Å²) in [6, 6.07) is 0. The Morgan fingerprint density at radius 1 is 0.287 bits per heavy atom. The fourth-order valence-corrected chi connectivity index (χ4v) is 13.0. The topological polar surface area (TPSA) is 237 Å². The van der Waals surface area contributed by atoms with Crippen LogP contribution in [0.15, 0.2) is 0 Å². The van der Waals surface area contributed by atoms with Crippen LogP contribution >= 0.6 is 15.6 Å². The molecule has 0 saturated carbocycles. The van der Waals surface area contributed by atoms with Gasteiger partial charge in [-0.05, 0) is 43.4 Å². The second kappa shape index (κ2) is 65.7. The van der Waals surface area contributed by atoms with E-state index >= 15 is 0 Å². The number of aliphatic hydroxyl groups excluding tert-OH is 1. The van der Waals surface area contributed by atoms with Crippen LogP contribution in [0.1, 0.15) is 382 Å². The maximum absolute atomic E-state index is 13.1. The monoisotopic (exact) mass is 1380 g/mol. The van der Waals surface area contributed by atoms with E-state index in [9.17, 15) is 43.2 Å². The van der Waals surface area contributed by atoms with Crippen molar-refractivity contribution in [2.75, 3.05) is 39.6 Å². The van der Waals surface area contributed by atoms with E-state index < -0.39 is 97.5 Å². The van der Waals surface area contributed by atoms with E-state index in [2.05, 4.69) is 48.5 Å². The molecule has 0 radical (unpaired) electrons. The van der Waals surface area contributed by atoms with Gasteiger partial charge in [-0.25, -0.2) is 9.13 Å². The van der Waals surface area contributed by atoms with E-state index in [1.807, 2.05) is 0 Å². The molecule has 0 rings (SSSR count). The Morgan fingerprint density at radius 2 is 0.489 bits per heavy atom. The van der Waals surface area contributed by atoms with Crippen molar-refractivity contribution in [1.82, 2.24) is 0 Å². The summed E-state index contributed by atoms with van der Waals surface area (Å²) in [5.74, 6) is 0.195. The lowest BCUT2D eigenvalue weighted by atomic mass is 10.0. The zero-order valence-electron chi connectivity index (χ0n) is 61.4. The normalized spacial score (nSPS) is 14.1. The van der Waals surface area contributed by atoms with Gasteiger partial charge in [-0.15, -0.1) is 0 Å². The molecule has 0 aromatic carbocycles. The van der Waals surface area contributed by atoms with Gasteiger partial charge in [0.2, 0.25) is 0 Å². The van der Waals surface area contributed by atoms with Gasteiger partial charge in [-0.1, -0.05) is 331 Å². The number of hydrogen-bond acceptors (Lipinski definition) is 15. The summed E-state index contributed by atoms with van der Waals surface area (Å²) in [7, 11) is -9.91. The number of rotatable bonds is 73. The largest absolute Gasteiger partial charge is 0.472 e. The van der Waals surface area contributed by atoms with Gasteiger partial charge < -0.3 is 33.8 Å². The molecule has 17 nitrogen and oxygen atoms in total. The van der Waals surface area contributed by atoms with Crippen LogP contribution in [0, 0.1) is 17.8 Å². The van der Waals surface area contributed by atoms with Crippen LogP contribution in [0.2, 0.25) is 0 Å². The highest BCUT2D eigenvalue weighted by Crippen LogP contribution is 2.45. The van der Waals surface area contributed by atoms with Crippen LogP contribution < -0.4 is 0 Å². The van der Waals surface area contributed by atoms with Crippen molar-refractivity contribution in [3.63, 3.8) is 0 Å². The standard InChI is InChI=1S/C75H146O17P2/c1-8-9-10-11-12-13-28-35-42-49-56-72(77)85-62-71(92-75(80)59-52-45-38-31-24-27-34-41-48-55-68(6)7)65-90-94(83,84)88-61-69(76)60-87-93(81,82)89-64-70(63-86-73(78)57-50-43-36-29-22-19-18-21-26-33-40-47-54-67(4)5)91-74(79)58-51-44-37-30-23-17-15-14-16-20-25-32-39-46-53-66(2)3/h66-71,76H,8-65H2,1-7H3,(H,81,82)(H,83,84)/t69-,70-,71-/m1/s1. The molecule has 3 N–H and O–H groups in total. The first-order valence-electron chi connectivity index (χ1n) is 38.8. The van der Waals surface area contributed by atoms with E-state index in [0.717, 1.165) is 108 Å². The molecule has 0 amide bonds. The Hall–Kier alpha value is -1.94. The van der Waals surface area contributed by atoms with Crippen molar-refractivity contribution in [1.29, 1.82) is 0 Å². The number of unbranched alkanes of at least 4 members (excludes halogenated alkanes) is 41. The summed E-state index contributed by atoms with van der Waals surface area (Å²) < 4.78 is 68.5. The third-order valence-corrected chi connectivity index (χ3v) is 19.3. The molecule has 94 heavy (non-hydrogen) atoms. The number of aliphatic hydroxyl groups is 1. The molecule has 0 aliphatic carbocycles. The van der Waals surface area contributed by atoms with E-state index in [4.69, 9.17) is 37.0 Å². The van der Waals surface area contributed by atoms with E-state index in [-0.39, 0.29) is 25.7 Å². The molecular formula is C75H146O17P2. The minimum absolute atomic E-state index is 0.105.